The van der Waals surface area contributed by atoms with Gasteiger partial charge in [0.05, 0.1) is 0 Å². The summed E-state index contributed by atoms with van der Waals surface area (Å²) in [6.07, 6.45) is 0.585. The van der Waals surface area contributed by atoms with Gasteiger partial charge in [-0.25, -0.2) is 4.39 Å². The van der Waals surface area contributed by atoms with Gasteiger partial charge in [0, 0.05) is 0 Å². The lowest BCUT2D eigenvalue weighted by atomic mass is 10.1. The van der Waals surface area contributed by atoms with Crippen LogP contribution < -0.4 is 0 Å². The van der Waals surface area contributed by atoms with E-state index < -0.39 is 12.6 Å². The molecule has 0 fully saturated rings. The summed E-state index contributed by atoms with van der Waals surface area (Å²) in [4.78, 5) is 0. The number of unbranched alkanes of at least 4 members (excludes halogenated alkanes) is 4. The summed E-state index contributed by atoms with van der Waals surface area (Å²) >= 11 is 0. The molecule has 0 aliphatic rings. The highest BCUT2D eigenvalue weighted by atomic mass is 19.3. The molecule has 0 aromatic carbocycles. The lowest BCUT2D eigenvalue weighted by Gasteiger charge is -2.04. The molecule has 0 N–H and O–H groups in total. The number of hydrogen-bond donors (Lipinski definition) is 0. The molecule has 1 unspecified atom stereocenters. The first-order valence-corrected chi connectivity index (χ1v) is 4.50. The molecular weight excluding hydrogens is 165 g/mol. The molecule has 0 saturated heterocycles. The van der Waals surface area contributed by atoms with Crippen LogP contribution in [0.25, 0.3) is 0 Å². The second-order valence-electron chi connectivity index (χ2n) is 2.96. The van der Waals surface area contributed by atoms with Gasteiger partial charge < -0.3 is 0 Å². The highest BCUT2D eigenvalue weighted by Gasteiger charge is 2.20. The molecule has 1 radical (unpaired) electrons. The predicted molar refractivity (Wildman–Crippen MR) is 43.7 cm³/mol. The molecule has 73 valence electrons. The first-order valence-electron chi connectivity index (χ1n) is 4.50. The van der Waals surface area contributed by atoms with Crippen molar-refractivity contribution in [3.8, 4) is 0 Å². The summed E-state index contributed by atoms with van der Waals surface area (Å²) in [5.74, 6) is 0. The largest absolute Gasteiger partial charge is 0.343 e. The van der Waals surface area contributed by atoms with E-state index in [1.807, 2.05) is 0 Å². The van der Waals surface area contributed by atoms with Gasteiger partial charge in [0.2, 0.25) is 0 Å². The van der Waals surface area contributed by atoms with Crippen molar-refractivity contribution >= 4 is 0 Å². The SMILES string of the molecule is CCCCCCCC(F)[C](F)F. The van der Waals surface area contributed by atoms with Gasteiger partial charge in [0.25, 0.3) is 0 Å². The Hall–Kier alpha value is -0.210. The van der Waals surface area contributed by atoms with Gasteiger partial charge in [-0.1, -0.05) is 39.0 Å². The van der Waals surface area contributed by atoms with E-state index in [1.165, 1.54) is 0 Å². The molecule has 0 heterocycles. The van der Waals surface area contributed by atoms with Crippen molar-refractivity contribution in [3.63, 3.8) is 0 Å². The minimum atomic E-state index is -2.08. The third-order valence-corrected chi connectivity index (χ3v) is 1.80. The van der Waals surface area contributed by atoms with E-state index >= 15 is 0 Å². The van der Waals surface area contributed by atoms with Gasteiger partial charge in [0.15, 0.2) is 6.17 Å². The molecule has 12 heavy (non-hydrogen) atoms. The van der Waals surface area contributed by atoms with Gasteiger partial charge in [-0.2, -0.15) is 8.78 Å². The van der Waals surface area contributed by atoms with Crippen LogP contribution in [0.15, 0.2) is 0 Å². The summed E-state index contributed by atoms with van der Waals surface area (Å²) in [5, 5.41) is 0. The minimum absolute atomic E-state index is 0.0218. The maximum Gasteiger partial charge on any atom is 0.343 e. The molecule has 1 atom stereocenters. The summed E-state index contributed by atoms with van der Waals surface area (Å²) < 4.78 is 35.3. The van der Waals surface area contributed by atoms with E-state index in [0.29, 0.717) is 6.42 Å². The zero-order valence-corrected chi connectivity index (χ0v) is 7.45. The Morgan fingerprint density at radius 3 is 2.17 bits per heavy atom. The van der Waals surface area contributed by atoms with Gasteiger partial charge in [0.1, 0.15) is 0 Å². The van der Waals surface area contributed by atoms with E-state index in [2.05, 4.69) is 6.92 Å². The van der Waals surface area contributed by atoms with Crippen molar-refractivity contribution in [2.75, 3.05) is 0 Å². The van der Waals surface area contributed by atoms with Crippen LogP contribution in [-0.2, 0) is 0 Å². The molecule has 0 amide bonds. The number of rotatable bonds is 7. The van der Waals surface area contributed by atoms with Gasteiger partial charge in [-0.15, -0.1) is 0 Å². The third-order valence-electron chi connectivity index (χ3n) is 1.80. The lowest BCUT2D eigenvalue weighted by Crippen LogP contribution is -2.03. The van der Waals surface area contributed by atoms with Crippen molar-refractivity contribution < 1.29 is 13.2 Å². The molecule has 0 bridgehead atoms. The number of alkyl halides is 1. The molecule has 0 saturated carbocycles. The molecule has 0 aromatic rings. The van der Waals surface area contributed by atoms with E-state index in [1.54, 1.807) is 0 Å². The molecule has 0 aliphatic heterocycles. The van der Waals surface area contributed by atoms with Crippen LogP contribution in [0.2, 0.25) is 0 Å². The fourth-order valence-electron chi connectivity index (χ4n) is 1.04. The first kappa shape index (κ1) is 11.8. The molecular formula is C9H16F3. The van der Waals surface area contributed by atoms with E-state index in [0.717, 1.165) is 25.7 Å². The second-order valence-corrected chi connectivity index (χ2v) is 2.96. The second kappa shape index (κ2) is 7.44. The Morgan fingerprint density at radius 1 is 1.08 bits per heavy atom. The lowest BCUT2D eigenvalue weighted by molar-refractivity contribution is 0.148. The van der Waals surface area contributed by atoms with Crippen molar-refractivity contribution in [1.82, 2.24) is 0 Å². The molecule has 3 heteroatoms. The fraction of sp³-hybridized carbons (Fsp3) is 0.889. The van der Waals surface area contributed by atoms with Gasteiger partial charge in [-0.3, -0.25) is 0 Å². The normalized spacial score (nSPS) is 13.8. The van der Waals surface area contributed by atoms with Gasteiger partial charge in [-0.05, 0) is 6.42 Å². The number of hydrogen-bond acceptors (Lipinski definition) is 0. The third kappa shape index (κ3) is 6.50. The van der Waals surface area contributed by atoms with E-state index in [4.69, 9.17) is 0 Å². The number of halogens is 3. The van der Waals surface area contributed by atoms with Crippen LogP contribution in [-0.4, -0.2) is 6.17 Å². The first-order chi connectivity index (χ1) is 5.68. The van der Waals surface area contributed by atoms with Crippen molar-refractivity contribution in [2.45, 2.75) is 51.6 Å². The average molecular weight is 181 g/mol. The molecule has 0 aromatic heterocycles. The van der Waals surface area contributed by atoms with Crippen LogP contribution in [0, 0.1) is 6.43 Å². The monoisotopic (exact) mass is 181 g/mol. The maximum atomic E-state index is 12.2. The highest BCUT2D eigenvalue weighted by molar-refractivity contribution is 4.72. The summed E-state index contributed by atoms with van der Waals surface area (Å²) in [7, 11) is 0. The maximum absolute atomic E-state index is 12.2. The zero-order valence-electron chi connectivity index (χ0n) is 7.45. The fourth-order valence-corrected chi connectivity index (χ4v) is 1.04. The predicted octanol–water partition coefficient (Wildman–Crippen LogP) is 4.11. The van der Waals surface area contributed by atoms with Crippen LogP contribution in [0.4, 0.5) is 13.2 Å². The Balaban J connectivity index is 3.08. The summed E-state index contributed by atoms with van der Waals surface area (Å²) in [5.41, 5.74) is 0. The van der Waals surface area contributed by atoms with E-state index in [-0.39, 0.29) is 6.42 Å². The van der Waals surface area contributed by atoms with Crippen LogP contribution >= 0.6 is 0 Å². The van der Waals surface area contributed by atoms with Crippen LogP contribution in [0.3, 0.4) is 0 Å². The molecule has 0 aliphatic carbocycles. The highest BCUT2D eigenvalue weighted by Crippen LogP contribution is 2.19. The Bertz CT molecular complexity index is 93.8. The smallest absolute Gasteiger partial charge is 0.241 e. The van der Waals surface area contributed by atoms with Crippen LogP contribution in [0.1, 0.15) is 45.4 Å². The van der Waals surface area contributed by atoms with Crippen molar-refractivity contribution in [3.05, 3.63) is 6.43 Å². The standard InChI is InChI=1S/C9H16F3/c1-2-3-4-5-6-7-8(10)9(11)12/h8H,2-7H2,1H3. The quantitative estimate of drug-likeness (QED) is 0.518. The summed E-state index contributed by atoms with van der Waals surface area (Å²) in [6.45, 7) is 2.08. The molecule has 0 spiro atoms. The minimum Gasteiger partial charge on any atom is -0.241 e. The molecule has 0 nitrogen and oxygen atoms in total. The average Bonchev–Trinajstić information content (AvgIpc) is 2.03. The van der Waals surface area contributed by atoms with Crippen molar-refractivity contribution in [2.24, 2.45) is 0 Å². The molecule has 0 rings (SSSR count). The summed E-state index contributed by atoms with van der Waals surface area (Å²) in [6, 6.07) is 0. The Labute approximate surface area is 72.2 Å². The Kier molecular flexibility index (Phi) is 7.31. The zero-order chi connectivity index (χ0) is 9.40. The van der Waals surface area contributed by atoms with Crippen LogP contribution in [0.5, 0.6) is 0 Å². The van der Waals surface area contributed by atoms with E-state index in [9.17, 15) is 13.2 Å². The topological polar surface area (TPSA) is 0 Å². The van der Waals surface area contributed by atoms with Crippen molar-refractivity contribution in [1.29, 1.82) is 0 Å². The Morgan fingerprint density at radius 2 is 1.67 bits per heavy atom. The van der Waals surface area contributed by atoms with Gasteiger partial charge >= 0.3 is 6.43 Å².